The average molecular weight is 490 g/mol. The lowest BCUT2D eigenvalue weighted by Crippen LogP contribution is -2.23. The van der Waals surface area contributed by atoms with Gasteiger partial charge in [0.2, 0.25) is 0 Å². The zero-order valence-corrected chi connectivity index (χ0v) is 20.7. The van der Waals surface area contributed by atoms with Gasteiger partial charge in [0.05, 0.1) is 23.3 Å². The Labute approximate surface area is 205 Å². The summed E-state index contributed by atoms with van der Waals surface area (Å²) in [5.41, 5.74) is 0.721. The molecule has 0 bridgehead atoms. The van der Waals surface area contributed by atoms with Crippen LogP contribution in [0.25, 0.3) is 0 Å². The highest BCUT2D eigenvalue weighted by Crippen LogP contribution is 2.43. The topological polar surface area (TPSA) is 68.1 Å². The van der Waals surface area contributed by atoms with E-state index in [1.54, 1.807) is 25.1 Å². The zero-order valence-electron chi connectivity index (χ0n) is 19.1. The first-order valence-corrected chi connectivity index (χ1v) is 13.2. The van der Waals surface area contributed by atoms with Crippen LogP contribution in [0.4, 0.5) is 5.69 Å². The maximum absolute atomic E-state index is 12.7. The van der Waals surface area contributed by atoms with Crippen LogP contribution >= 0.6 is 23.4 Å². The number of rotatable bonds is 5. The second kappa shape index (κ2) is 11.6. The van der Waals surface area contributed by atoms with E-state index in [1.165, 1.54) is 56.7 Å². The SMILES string of the molecule is CCOC(=O)C1=C(O)/C(=C/C2OCCC2C2CCCCCCC2)SC1=Nc1cccc(Cl)c1. The summed E-state index contributed by atoms with van der Waals surface area (Å²) in [5, 5.41) is 12.0. The maximum Gasteiger partial charge on any atom is 0.344 e. The Morgan fingerprint density at radius 1 is 1.24 bits per heavy atom. The van der Waals surface area contributed by atoms with Crippen LogP contribution < -0.4 is 0 Å². The number of thioether (sulfide) groups is 1. The first kappa shape index (κ1) is 24.4. The third-order valence-electron chi connectivity index (χ3n) is 6.66. The van der Waals surface area contributed by atoms with Gasteiger partial charge >= 0.3 is 5.97 Å². The van der Waals surface area contributed by atoms with Gasteiger partial charge < -0.3 is 14.6 Å². The van der Waals surface area contributed by atoms with Gasteiger partial charge in [-0.3, -0.25) is 0 Å². The van der Waals surface area contributed by atoms with Crippen LogP contribution in [0.3, 0.4) is 0 Å². The number of aliphatic imine (C=N–C) groups is 1. The van der Waals surface area contributed by atoms with Gasteiger partial charge in [0.25, 0.3) is 0 Å². The summed E-state index contributed by atoms with van der Waals surface area (Å²) >= 11 is 7.39. The number of hydrogen-bond donors (Lipinski definition) is 1. The van der Waals surface area contributed by atoms with Crippen LogP contribution in [-0.2, 0) is 14.3 Å². The molecule has 2 atom stereocenters. The molecule has 2 heterocycles. The number of hydrogen-bond acceptors (Lipinski definition) is 6. The van der Waals surface area contributed by atoms with Crippen LogP contribution in [0, 0.1) is 11.8 Å². The average Bonchev–Trinajstić information content (AvgIpc) is 3.33. The van der Waals surface area contributed by atoms with E-state index in [2.05, 4.69) is 4.99 Å². The lowest BCUT2D eigenvalue weighted by atomic mass is 9.78. The zero-order chi connectivity index (χ0) is 23.2. The highest BCUT2D eigenvalue weighted by Gasteiger charge is 2.37. The molecular formula is C26H32ClNO4S. The number of ether oxygens (including phenoxy) is 2. The Kier molecular flexibility index (Phi) is 8.55. The van der Waals surface area contributed by atoms with Crippen LogP contribution in [0.5, 0.6) is 0 Å². The summed E-state index contributed by atoms with van der Waals surface area (Å²) < 4.78 is 11.3. The van der Waals surface area contributed by atoms with E-state index in [1.807, 2.05) is 12.1 Å². The number of halogens is 1. The molecule has 7 heteroatoms. The number of carbonyl (C=O) groups is 1. The summed E-state index contributed by atoms with van der Waals surface area (Å²) in [5.74, 6) is 0.446. The fourth-order valence-electron chi connectivity index (χ4n) is 5.04. The highest BCUT2D eigenvalue weighted by atomic mass is 35.5. The van der Waals surface area contributed by atoms with E-state index in [-0.39, 0.29) is 24.0 Å². The molecule has 1 saturated heterocycles. The van der Waals surface area contributed by atoms with E-state index >= 15 is 0 Å². The second-order valence-corrected chi connectivity index (χ2v) is 10.3. The first-order valence-electron chi connectivity index (χ1n) is 12.0. The van der Waals surface area contributed by atoms with Gasteiger partial charge in [-0.1, -0.05) is 74.4 Å². The van der Waals surface area contributed by atoms with Crippen molar-refractivity contribution in [2.45, 2.75) is 64.4 Å². The molecule has 1 aromatic carbocycles. The molecule has 1 saturated carbocycles. The molecule has 2 aliphatic heterocycles. The van der Waals surface area contributed by atoms with Crippen LogP contribution in [0.1, 0.15) is 58.3 Å². The molecule has 0 aromatic heterocycles. The monoisotopic (exact) mass is 489 g/mol. The second-order valence-electron chi connectivity index (χ2n) is 8.87. The lowest BCUT2D eigenvalue weighted by Gasteiger charge is -2.28. The van der Waals surface area contributed by atoms with Crippen molar-refractivity contribution in [3.05, 3.63) is 51.6 Å². The van der Waals surface area contributed by atoms with Crippen LogP contribution in [-0.4, -0.2) is 35.4 Å². The van der Waals surface area contributed by atoms with Crippen molar-refractivity contribution in [3.8, 4) is 0 Å². The molecule has 4 rings (SSSR count). The minimum Gasteiger partial charge on any atom is -0.506 e. The Morgan fingerprint density at radius 3 is 2.73 bits per heavy atom. The molecule has 0 radical (unpaired) electrons. The van der Waals surface area contributed by atoms with Gasteiger partial charge in [-0.2, -0.15) is 0 Å². The summed E-state index contributed by atoms with van der Waals surface area (Å²) in [7, 11) is 0. The Bertz CT molecular complexity index is 949. The third kappa shape index (κ3) is 6.03. The van der Waals surface area contributed by atoms with Crippen molar-refractivity contribution in [3.63, 3.8) is 0 Å². The summed E-state index contributed by atoms with van der Waals surface area (Å²) in [4.78, 5) is 17.9. The molecule has 178 valence electrons. The molecule has 0 spiro atoms. The molecular weight excluding hydrogens is 458 g/mol. The van der Waals surface area contributed by atoms with Crippen molar-refractivity contribution in [1.29, 1.82) is 0 Å². The molecule has 1 aliphatic carbocycles. The molecule has 1 aromatic rings. The largest absolute Gasteiger partial charge is 0.506 e. The molecule has 2 fully saturated rings. The van der Waals surface area contributed by atoms with Gasteiger partial charge in [0.1, 0.15) is 16.4 Å². The third-order valence-corrected chi connectivity index (χ3v) is 7.94. The Hall–Kier alpha value is -1.76. The number of nitrogens with zero attached hydrogens (tertiary/aromatic N) is 1. The fraction of sp³-hybridized carbons (Fsp3) is 0.538. The van der Waals surface area contributed by atoms with Crippen LogP contribution in [0.15, 0.2) is 51.6 Å². The van der Waals surface area contributed by atoms with E-state index in [9.17, 15) is 9.90 Å². The molecule has 33 heavy (non-hydrogen) atoms. The minimum atomic E-state index is -0.574. The minimum absolute atomic E-state index is 0.0620. The summed E-state index contributed by atoms with van der Waals surface area (Å²) in [6.07, 6.45) is 12.0. The van der Waals surface area contributed by atoms with E-state index < -0.39 is 5.97 Å². The maximum atomic E-state index is 12.7. The van der Waals surface area contributed by atoms with Crippen molar-refractivity contribution in [2.24, 2.45) is 16.8 Å². The van der Waals surface area contributed by atoms with Gasteiger partial charge in [-0.25, -0.2) is 9.79 Å². The molecule has 2 unspecified atom stereocenters. The molecule has 5 nitrogen and oxygen atoms in total. The Balaban J connectivity index is 1.61. The number of esters is 1. The number of carbonyl (C=O) groups excluding carboxylic acids is 1. The lowest BCUT2D eigenvalue weighted by molar-refractivity contribution is -0.138. The van der Waals surface area contributed by atoms with Crippen molar-refractivity contribution >= 4 is 40.1 Å². The van der Waals surface area contributed by atoms with Crippen molar-refractivity contribution < 1.29 is 19.4 Å². The Morgan fingerprint density at radius 2 is 2.00 bits per heavy atom. The molecule has 3 aliphatic rings. The summed E-state index contributed by atoms with van der Waals surface area (Å²) in [6, 6.07) is 7.11. The smallest absolute Gasteiger partial charge is 0.344 e. The van der Waals surface area contributed by atoms with Crippen molar-refractivity contribution in [2.75, 3.05) is 13.2 Å². The van der Waals surface area contributed by atoms with E-state index in [0.29, 0.717) is 32.5 Å². The standard InChI is InChI=1S/C26H32ClNO4S/c1-2-31-26(30)23-24(29)22(33-25(23)28-19-12-8-11-18(27)15-19)16-21-20(13-14-32-21)17-9-6-4-3-5-7-10-17/h8,11-12,15-17,20-21,29H,2-7,9-10,13-14H2,1H3/b22-16-,28-25?. The quantitative estimate of drug-likeness (QED) is 0.445. The van der Waals surface area contributed by atoms with Gasteiger partial charge in [-0.05, 0) is 49.5 Å². The molecule has 1 N–H and O–H groups in total. The van der Waals surface area contributed by atoms with E-state index in [4.69, 9.17) is 21.1 Å². The first-order chi connectivity index (χ1) is 16.1. The highest BCUT2D eigenvalue weighted by molar-refractivity contribution is 8.18. The van der Waals surface area contributed by atoms with E-state index in [0.717, 1.165) is 13.0 Å². The normalized spacial score (nSPS) is 27.2. The summed E-state index contributed by atoms with van der Waals surface area (Å²) in [6.45, 7) is 2.70. The van der Waals surface area contributed by atoms with Gasteiger partial charge in [-0.15, -0.1) is 0 Å². The van der Waals surface area contributed by atoms with Crippen molar-refractivity contribution in [1.82, 2.24) is 0 Å². The number of aliphatic hydroxyl groups excluding tert-OH is 1. The van der Waals surface area contributed by atoms with Crippen LogP contribution in [0.2, 0.25) is 5.02 Å². The predicted octanol–water partition coefficient (Wildman–Crippen LogP) is 7.14. The molecule has 0 amide bonds. The fourth-order valence-corrected chi connectivity index (χ4v) is 6.27. The van der Waals surface area contributed by atoms with Gasteiger partial charge in [0, 0.05) is 11.6 Å². The number of benzene rings is 1. The predicted molar refractivity (Wildman–Crippen MR) is 134 cm³/mol. The number of aliphatic hydroxyl groups is 1. The van der Waals surface area contributed by atoms with Gasteiger partial charge in [0.15, 0.2) is 0 Å².